The Balaban J connectivity index is 1.11. The summed E-state index contributed by atoms with van der Waals surface area (Å²) in [5.41, 5.74) is 5.35. The highest BCUT2D eigenvalue weighted by molar-refractivity contribution is 6.03. The maximum atomic E-state index is 13.5. The number of aromatic nitrogens is 1. The number of pyridine rings is 1. The van der Waals surface area contributed by atoms with Gasteiger partial charge in [-0.2, -0.15) is 4.57 Å². The van der Waals surface area contributed by atoms with Gasteiger partial charge in [0.15, 0.2) is 23.5 Å². The van der Waals surface area contributed by atoms with Gasteiger partial charge in [-0.15, -0.1) is 0 Å². The lowest BCUT2D eigenvalue weighted by Crippen LogP contribution is -2.37. The smallest absolute Gasteiger partial charge is 0.292 e. The van der Waals surface area contributed by atoms with Crippen LogP contribution in [0, 0.1) is 11.8 Å². The monoisotopic (exact) mass is 536 g/mol. The van der Waals surface area contributed by atoms with Crippen LogP contribution in [0.15, 0.2) is 79.0 Å². The number of nitrogens with zero attached hydrogens (tertiary/aromatic N) is 2. The fourth-order valence-electron chi connectivity index (χ4n) is 6.46. The molecule has 0 saturated carbocycles. The minimum atomic E-state index is 0.0475. The molecule has 2 heterocycles. The molecule has 40 heavy (non-hydrogen) atoms. The fourth-order valence-corrected chi connectivity index (χ4v) is 6.46. The predicted molar refractivity (Wildman–Crippen MR) is 158 cm³/mol. The van der Waals surface area contributed by atoms with E-state index in [0.717, 1.165) is 73.0 Å². The number of carbonyl (C=O) groups excluding carboxylic acids is 1. The highest BCUT2D eigenvalue weighted by Gasteiger charge is 2.34. The molecule has 4 aromatic rings. The van der Waals surface area contributed by atoms with E-state index in [2.05, 4.69) is 63.3 Å². The Kier molecular flexibility index (Phi) is 7.69. The Morgan fingerprint density at radius 3 is 2.55 bits per heavy atom. The summed E-state index contributed by atoms with van der Waals surface area (Å²) in [6, 6.07) is 24.9. The van der Waals surface area contributed by atoms with Gasteiger partial charge in [0.25, 0.3) is 6.73 Å². The van der Waals surface area contributed by atoms with Crippen LogP contribution in [-0.4, -0.2) is 37.9 Å². The fraction of sp³-hybridized carbons (Fsp3) is 0.353. The van der Waals surface area contributed by atoms with Crippen LogP contribution in [0.2, 0.25) is 0 Å². The van der Waals surface area contributed by atoms with Gasteiger partial charge < -0.3 is 14.8 Å². The summed E-state index contributed by atoms with van der Waals surface area (Å²) in [6.07, 6.45) is 6.07. The molecule has 0 radical (unpaired) electrons. The first-order valence-corrected chi connectivity index (χ1v) is 14.4. The number of hydrogen-bond donors (Lipinski definition) is 1. The summed E-state index contributed by atoms with van der Waals surface area (Å²) < 4.78 is 14.1. The van der Waals surface area contributed by atoms with Crippen LogP contribution < -0.4 is 19.4 Å². The van der Waals surface area contributed by atoms with Gasteiger partial charge in [0.2, 0.25) is 5.52 Å². The first-order chi connectivity index (χ1) is 19.6. The second-order valence-corrected chi connectivity index (χ2v) is 11.1. The van der Waals surface area contributed by atoms with Crippen LogP contribution in [0.5, 0.6) is 11.5 Å². The second kappa shape index (κ2) is 11.7. The van der Waals surface area contributed by atoms with Crippen LogP contribution in [-0.2, 0) is 19.7 Å². The summed E-state index contributed by atoms with van der Waals surface area (Å²) in [6.45, 7) is 3.52. The van der Waals surface area contributed by atoms with Crippen molar-refractivity contribution in [1.82, 2.24) is 4.90 Å². The summed E-state index contributed by atoms with van der Waals surface area (Å²) >= 11 is 0. The molecule has 1 atom stereocenters. The Morgan fingerprint density at radius 2 is 1.77 bits per heavy atom. The van der Waals surface area contributed by atoms with Gasteiger partial charge in [0.1, 0.15) is 5.69 Å². The number of carbonyl (C=O) groups is 1. The van der Waals surface area contributed by atoms with Gasteiger partial charge in [0.05, 0.1) is 7.11 Å². The number of methoxy groups -OCH3 is 1. The molecular weight excluding hydrogens is 498 g/mol. The van der Waals surface area contributed by atoms with Crippen molar-refractivity contribution in [3.05, 3.63) is 95.7 Å². The number of Topliss-reactive ketones (excluding diaryl/α,β-unsaturated/α-hetero) is 1. The van der Waals surface area contributed by atoms with E-state index in [1.54, 1.807) is 7.11 Å². The summed E-state index contributed by atoms with van der Waals surface area (Å²) in [5, 5.41) is 4.40. The van der Waals surface area contributed by atoms with Crippen LogP contribution in [0.4, 0.5) is 5.69 Å². The third-order valence-corrected chi connectivity index (χ3v) is 8.59. The van der Waals surface area contributed by atoms with Crippen molar-refractivity contribution in [2.24, 2.45) is 11.8 Å². The van der Waals surface area contributed by atoms with Crippen molar-refractivity contribution in [2.45, 2.75) is 39.0 Å². The molecule has 0 bridgehead atoms. The third-order valence-electron chi connectivity index (χ3n) is 8.59. The average molecular weight is 537 g/mol. The maximum Gasteiger partial charge on any atom is 0.292 e. The van der Waals surface area contributed by atoms with Crippen LogP contribution in [0.3, 0.4) is 0 Å². The number of hydrogen-bond acceptors (Lipinski definition) is 5. The lowest BCUT2D eigenvalue weighted by molar-refractivity contribution is -0.700. The second-order valence-electron chi connectivity index (χ2n) is 11.1. The predicted octanol–water partition coefficient (Wildman–Crippen LogP) is 5.87. The van der Waals surface area contributed by atoms with E-state index in [-0.39, 0.29) is 11.7 Å². The number of nitrogens with one attached hydrogen (secondary N) is 1. The molecule has 0 amide bonds. The first kappa shape index (κ1) is 26.3. The maximum absolute atomic E-state index is 13.5. The van der Waals surface area contributed by atoms with Gasteiger partial charge in [-0.05, 0) is 86.1 Å². The number of piperidine rings is 1. The Labute approximate surface area is 236 Å². The van der Waals surface area contributed by atoms with Crippen molar-refractivity contribution in [3.63, 3.8) is 0 Å². The highest BCUT2D eigenvalue weighted by Crippen LogP contribution is 2.40. The van der Waals surface area contributed by atoms with E-state index in [9.17, 15) is 4.79 Å². The number of fused-ring (bicyclic) bond motifs is 2. The standard InChI is InChI=1S/C34H38N3O3/c1-35-30-12-6-10-26-11-7-15-37(33(26)30)23-40-32-21-29-27(20-31(32)39-2)19-28(34(29)38)18-24-13-16-36(17-14-24)22-25-8-4-3-5-9-25/h3-12,15,20-21,24,28,35H,13-14,16-19,22-23H2,1-2H3/q+1. The van der Waals surface area contributed by atoms with E-state index in [4.69, 9.17) is 9.47 Å². The lowest BCUT2D eigenvalue weighted by Gasteiger charge is -2.32. The molecular formula is C34H38N3O3+. The molecule has 6 nitrogen and oxygen atoms in total. The van der Waals surface area contributed by atoms with E-state index in [1.165, 1.54) is 5.56 Å². The number of para-hydroxylation sites is 1. The van der Waals surface area contributed by atoms with Crippen molar-refractivity contribution in [3.8, 4) is 11.5 Å². The van der Waals surface area contributed by atoms with Crippen LogP contribution >= 0.6 is 0 Å². The molecule has 6 heteroatoms. The molecule has 1 N–H and O–H groups in total. The normalized spacial score (nSPS) is 17.6. The lowest BCUT2D eigenvalue weighted by atomic mass is 9.85. The van der Waals surface area contributed by atoms with Gasteiger partial charge in [0, 0.05) is 36.5 Å². The van der Waals surface area contributed by atoms with Crippen molar-refractivity contribution < 1.29 is 18.8 Å². The van der Waals surface area contributed by atoms with Crippen molar-refractivity contribution in [2.75, 3.05) is 32.6 Å². The molecule has 2 aliphatic rings. The number of anilines is 1. The van der Waals surface area contributed by atoms with E-state index in [0.29, 0.717) is 24.1 Å². The molecule has 1 aromatic heterocycles. The van der Waals surface area contributed by atoms with Gasteiger partial charge in [-0.3, -0.25) is 9.69 Å². The summed E-state index contributed by atoms with van der Waals surface area (Å²) in [7, 11) is 3.59. The quantitative estimate of drug-likeness (QED) is 0.271. The number of benzene rings is 3. The average Bonchev–Trinajstić information content (AvgIpc) is 3.30. The molecule has 1 fully saturated rings. The summed E-state index contributed by atoms with van der Waals surface area (Å²) in [4.78, 5) is 16.1. The number of ether oxygens (including phenoxy) is 2. The van der Waals surface area contributed by atoms with E-state index in [1.807, 2.05) is 37.5 Å². The van der Waals surface area contributed by atoms with Crippen LogP contribution in [0.1, 0.15) is 40.7 Å². The minimum Gasteiger partial charge on any atom is -0.493 e. The highest BCUT2D eigenvalue weighted by atomic mass is 16.5. The van der Waals surface area contributed by atoms with Crippen molar-refractivity contribution in [1.29, 1.82) is 0 Å². The van der Waals surface area contributed by atoms with E-state index < -0.39 is 0 Å². The Bertz CT molecular complexity index is 1490. The molecule has 1 unspecified atom stereocenters. The van der Waals surface area contributed by atoms with Gasteiger partial charge in [-0.1, -0.05) is 36.4 Å². The third kappa shape index (κ3) is 5.41. The summed E-state index contributed by atoms with van der Waals surface area (Å²) in [5.74, 6) is 2.18. The topological polar surface area (TPSA) is 54.7 Å². The Hall–Kier alpha value is -3.90. The zero-order valence-corrected chi connectivity index (χ0v) is 23.4. The number of ketones is 1. The van der Waals surface area contributed by atoms with Gasteiger partial charge >= 0.3 is 0 Å². The molecule has 1 aliphatic heterocycles. The molecule has 1 saturated heterocycles. The minimum absolute atomic E-state index is 0.0475. The first-order valence-electron chi connectivity index (χ1n) is 14.4. The molecule has 3 aromatic carbocycles. The largest absolute Gasteiger partial charge is 0.493 e. The van der Waals surface area contributed by atoms with Crippen LogP contribution in [0.25, 0.3) is 10.9 Å². The SMILES string of the molecule is CNc1cccc2ccc[n+](COc3cc4c(cc3OC)CC(CC3CCN(Cc5ccccc5)CC3)C4=O)c12. The zero-order chi connectivity index (χ0) is 27.5. The van der Waals surface area contributed by atoms with Crippen molar-refractivity contribution >= 4 is 22.4 Å². The van der Waals surface area contributed by atoms with E-state index >= 15 is 0 Å². The molecule has 0 spiro atoms. The molecule has 206 valence electrons. The Morgan fingerprint density at radius 1 is 0.975 bits per heavy atom. The molecule has 1 aliphatic carbocycles. The molecule has 6 rings (SSSR count). The van der Waals surface area contributed by atoms with Gasteiger partial charge in [-0.25, -0.2) is 0 Å². The number of likely N-dealkylation sites (tertiary alicyclic amines) is 1. The zero-order valence-electron chi connectivity index (χ0n) is 23.4. The number of rotatable bonds is 9.